The Bertz CT molecular complexity index is 572. The summed E-state index contributed by atoms with van der Waals surface area (Å²) in [4.78, 5) is 10.2. The molecule has 2 rings (SSSR count). The SMILES string of the molecule is CC(Cc1ccsc1)Nc1ccc([N+](=O)[O-])cc1Cl. The van der Waals surface area contributed by atoms with Gasteiger partial charge in [-0.2, -0.15) is 11.3 Å². The summed E-state index contributed by atoms with van der Waals surface area (Å²) in [6, 6.07) is 6.74. The highest BCUT2D eigenvalue weighted by Gasteiger charge is 2.11. The Hall–Kier alpha value is -1.59. The first-order valence-electron chi connectivity index (χ1n) is 5.78. The molecule has 1 atom stereocenters. The van der Waals surface area contributed by atoms with E-state index in [0.717, 1.165) is 12.1 Å². The van der Waals surface area contributed by atoms with Crippen LogP contribution in [-0.2, 0) is 6.42 Å². The molecule has 6 heteroatoms. The number of nitro groups is 1. The summed E-state index contributed by atoms with van der Waals surface area (Å²) in [5, 5.41) is 18.4. The monoisotopic (exact) mass is 296 g/mol. The second-order valence-corrected chi connectivity index (χ2v) is 5.49. The average Bonchev–Trinajstić information content (AvgIpc) is 2.84. The lowest BCUT2D eigenvalue weighted by Crippen LogP contribution is -2.17. The average molecular weight is 297 g/mol. The van der Waals surface area contributed by atoms with Crippen LogP contribution < -0.4 is 5.32 Å². The minimum absolute atomic E-state index is 0.000961. The fourth-order valence-corrected chi connectivity index (χ4v) is 2.72. The summed E-state index contributed by atoms with van der Waals surface area (Å²) in [5.74, 6) is 0. The van der Waals surface area contributed by atoms with E-state index in [1.807, 2.05) is 5.38 Å². The largest absolute Gasteiger partial charge is 0.381 e. The van der Waals surface area contributed by atoms with Gasteiger partial charge in [-0.3, -0.25) is 10.1 Å². The Labute approximate surface area is 120 Å². The highest BCUT2D eigenvalue weighted by molar-refractivity contribution is 7.07. The first-order valence-corrected chi connectivity index (χ1v) is 7.10. The molecule has 0 saturated heterocycles. The predicted octanol–water partition coefficient (Wildman–Crippen LogP) is 4.35. The first kappa shape index (κ1) is 13.8. The molecule has 0 bridgehead atoms. The number of rotatable bonds is 5. The van der Waals surface area contributed by atoms with E-state index in [4.69, 9.17) is 11.6 Å². The maximum absolute atomic E-state index is 10.6. The fraction of sp³-hybridized carbons (Fsp3) is 0.231. The molecule has 0 radical (unpaired) electrons. The molecule has 0 fully saturated rings. The number of nitro benzene ring substituents is 1. The van der Waals surface area contributed by atoms with Crippen molar-refractivity contribution in [2.24, 2.45) is 0 Å². The van der Waals surface area contributed by atoms with Crippen LogP contribution in [0.15, 0.2) is 35.0 Å². The van der Waals surface area contributed by atoms with Gasteiger partial charge in [0.05, 0.1) is 15.6 Å². The van der Waals surface area contributed by atoms with Crippen LogP contribution in [0.1, 0.15) is 12.5 Å². The molecular formula is C13H13ClN2O2S. The van der Waals surface area contributed by atoms with Crippen molar-refractivity contribution in [2.75, 3.05) is 5.32 Å². The normalized spacial score (nSPS) is 12.1. The van der Waals surface area contributed by atoms with Crippen LogP contribution in [0.4, 0.5) is 11.4 Å². The number of anilines is 1. The van der Waals surface area contributed by atoms with E-state index in [1.54, 1.807) is 17.4 Å². The third-order valence-corrected chi connectivity index (χ3v) is 3.73. The van der Waals surface area contributed by atoms with E-state index in [9.17, 15) is 10.1 Å². The first-order chi connectivity index (χ1) is 9.06. The van der Waals surface area contributed by atoms with Crippen molar-refractivity contribution in [1.29, 1.82) is 0 Å². The number of nitrogens with zero attached hydrogens (tertiary/aromatic N) is 1. The zero-order chi connectivity index (χ0) is 13.8. The van der Waals surface area contributed by atoms with Crippen LogP contribution >= 0.6 is 22.9 Å². The van der Waals surface area contributed by atoms with E-state index >= 15 is 0 Å². The van der Waals surface area contributed by atoms with E-state index in [1.165, 1.54) is 17.7 Å². The molecule has 1 aromatic carbocycles. The van der Waals surface area contributed by atoms with Crippen molar-refractivity contribution in [1.82, 2.24) is 0 Å². The lowest BCUT2D eigenvalue weighted by atomic mass is 10.1. The molecule has 4 nitrogen and oxygen atoms in total. The quantitative estimate of drug-likeness (QED) is 0.659. The molecule has 2 aromatic rings. The molecule has 1 unspecified atom stereocenters. The molecule has 19 heavy (non-hydrogen) atoms. The molecule has 0 aliphatic carbocycles. The summed E-state index contributed by atoms with van der Waals surface area (Å²) in [7, 11) is 0. The number of hydrogen-bond donors (Lipinski definition) is 1. The molecule has 1 N–H and O–H groups in total. The number of hydrogen-bond acceptors (Lipinski definition) is 4. The van der Waals surface area contributed by atoms with Crippen molar-refractivity contribution in [3.8, 4) is 0 Å². The van der Waals surface area contributed by atoms with Crippen LogP contribution in [-0.4, -0.2) is 11.0 Å². The number of non-ortho nitro benzene ring substituents is 1. The second kappa shape index (κ2) is 6.04. The molecule has 1 heterocycles. The number of nitrogens with one attached hydrogen (secondary N) is 1. The van der Waals surface area contributed by atoms with Gasteiger partial charge >= 0.3 is 0 Å². The molecule has 0 aliphatic rings. The van der Waals surface area contributed by atoms with Crippen molar-refractivity contribution < 1.29 is 4.92 Å². The minimum Gasteiger partial charge on any atom is -0.381 e. The van der Waals surface area contributed by atoms with Crippen molar-refractivity contribution in [3.05, 3.63) is 55.7 Å². The zero-order valence-corrected chi connectivity index (χ0v) is 11.9. The predicted molar refractivity (Wildman–Crippen MR) is 79.2 cm³/mol. The van der Waals surface area contributed by atoms with Crippen LogP contribution in [0.5, 0.6) is 0 Å². The van der Waals surface area contributed by atoms with Gasteiger partial charge in [0, 0.05) is 18.2 Å². The van der Waals surface area contributed by atoms with Crippen LogP contribution in [0.3, 0.4) is 0 Å². The Morgan fingerprint density at radius 2 is 2.26 bits per heavy atom. The van der Waals surface area contributed by atoms with E-state index < -0.39 is 4.92 Å². The Kier molecular flexibility index (Phi) is 4.39. The summed E-state index contributed by atoms with van der Waals surface area (Å²) in [6.07, 6.45) is 0.886. The maximum atomic E-state index is 10.6. The Balaban J connectivity index is 2.04. The standard InChI is InChI=1S/C13H13ClN2O2S/c1-9(6-10-4-5-19-8-10)15-13-3-2-11(16(17)18)7-12(13)14/h2-5,7-9,15H,6H2,1H3. The van der Waals surface area contributed by atoms with Gasteiger partial charge in [0.2, 0.25) is 0 Å². The van der Waals surface area contributed by atoms with Crippen molar-refractivity contribution >= 4 is 34.3 Å². The molecular weight excluding hydrogens is 284 g/mol. The van der Waals surface area contributed by atoms with E-state index in [0.29, 0.717) is 5.02 Å². The van der Waals surface area contributed by atoms with Gasteiger partial charge in [0.15, 0.2) is 0 Å². The number of halogens is 1. The maximum Gasteiger partial charge on any atom is 0.271 e. The summed E-state index contributed by atoms with van der Waals surface area (Å²) in [6.45, 7) is 2.05. The van der Waals surface area contributed by atoms with Crippen molar-refractivity contribution in [2.45, 2.75) is 19.4 Å². The van der Waals surface area contributed by atoms with Crippen LogP contribution in [0.2, 0.25) is 5.02 Å². The van der Waals surface area contributed by atoms with Gasteiger partial charge in [-0.05, 0) is 41.8 Å². The summed E-state index contributed by atoms with van der Waals surface area (Å²) >= 11 is 7.70. The molecule has 1 aromatic heterocycles. The van der Waals surface area contributed by atoms with Gasteiger partial charge in [-0.15, -0.1) is 0 Å². The van der Waals surface area contributed by atoms with Crippen LogP contribution in [0.25, 0.3) is 0 Å². The highest BCUT2D eigenvalue weighted by atomic mass is 35.5. The van der Waals surface area contributed by atoms with E-state index in [2.05, 4.69) is 23.7 Å². The topological polar surface area (TPSA) is 55.2 Å². The number of benzene rings is 1. The molecule has 100 valence electrons. The Morgan fingerprint density at radius 1 is 1.47 bits per heavy atom. The van der Waals surface area contributed by atoms with Gasteiger partial charge in [-0.25, -0.2) is 0 Å². The third kappa shape index (κ3) is 3.68. The van der Waals surface area contributed by atoms with Crippen LogP contribution in [0, 0.1) is 10.1 Å². The van der Waals surface area contributed by atoms with Gasteiger partial charge in [0.25, 0.3) is 5.69 Å². The molecule has 0 aliphatic heterocycles. The summed E-state index contributed by atoms with van der Waals surface area (Å²) < 4.78 is 0. The Morgan fingerprint density at radius 3 is 2.84 bits per heavy atom. The lowest BCUT2D eigenvalue weighted by Gasteiger charge is -2.15. The zero-order valence-electron chi connectivity index (χ0n) is 10.3. The number of thiophene rings is 1. The molecule has 0 spiro atoms. The van der Waals surface area contributed by atoms with Gasteiger partial charge in [-0.1, -0.05) is 11.6 Å². The highest BCUT2D eigenvalue weighted by Crippen LogP contribution is 2.27. The smallest absolute Gasteiger partial charge is 0.271 e. The fourth-order valence-electron chi connectivity index (χ4n) is 1.81. The second-order valence-electron chi connectivity index (χ2n) is 4.30. The minimum atomic E-state index is -0.454. The summed E-state index contributed by atoms with van der Waals surface area (Å²) in [5.41, 5.74) is 1.99. The lowest BCUT2D eigenvalue weighted by molar-refractivity contribution is -0.384. The molecule has 0 amide bonds. The third-order valence-electron chi connectivity index (χ3n) is 2.69. The van der Waals surface area contributed by atoms with Gasteiger partial charge < -0.3 is 5.32 Å². The molecule has 0 saturated carbocycles. The van der Waals surface area contributed by atoms with E-state index in [-0.39, 0.29) is 11.7 Å². The van der Waals surface area contributed by atoms with Crippen molar-refractivity contribution in [3.63, 3.8) is 0 Å². The van der Waals surface area contributed by atoms with Gasteiger partial charge in [0.1, 0.15) is 0 Å².